The molecule has 0 fully saturated rings. The van der Waals surface area contributed by atoms with Crippen molar-refractivity contribution in [2.75, 3.05) is 17.1 Å². The maximum atomic E-state index is 11.8. The molecule has 0 aliphatic rings. The molecule has 25 heavy (non-hydrogen) atoms. The molecule has 0 aliphatic heterocycles. The summed E-state index contributed by atoms with van der Waals surface area (Å²) in [5.41, 5.74) is 4.86. The molecule has 0 saturated heterocycles. The van der Waals surface area contributed by atoms with Gasteiger partial charge in [0.25, 0.3) is 0 Å². The van der Waals surface area contributed by atoms with E-state index in [-0.39, 0.29) is 0 Å². The van der Waals surface area contributed by atoms with Crippen LogP contribution in [0.2, 0.25) is 0 Å². The Balaban J connectivity index is 1.89. The predicted octanol–water partition coefficient (Wildman–Crippen LogP) is 4.57. The normalized spacial score (nSPS) is 11.5. The van der Waals surface area contributed by atoms with Crippen LogP contribution in [0.25, 0.3) is 21.8 Å². The number of hydrogen-bond acceptors (Lipinski definition) is 4. The summed E-state index contributed by atoms with van der Waals surface area (Å²) in [6, 6.07) is 15.8. The number of hydrogen-bond donors (Lipinski definition) is 0. The van der Waals surface area contributed by atoms with Crippen molar-refractivity contribution in [1.29, 1.82) is 0 Å². The van der Waals surface area contributed by atoms with Gasteiger partial charge in [-0.1, -0.05) is 35.9 Å². The summed E-state index contributed by atoms with van der Waals surface area (Å²) >= 11 is 1.61. The van der Waals surface area contributed by atoms with Crippen molar-refractivity contribution >= 4 is 27.0 Å². The third-order valence-corrected chi connectivity index (χ3v) is 6.07. The van der Waals surface area contributed by atoms with Crippen LogP contribution in [0.15, 0.2) is 53.9 Å². The second kappa shape index (κ2) is 6.98. The number of aryl methyl sites for hydroxylation is 1. The Hall–Kier alpha value is -2.18. The third kappa shape index (κ3) is 3.91. The highest BCUT2D eigenvalue weighted by Crippen LogP contribution is 2.30. The zero-order valence-electron chi connectivity index (χ0n) is 14.4. The molecule has 3 aromatic rings. The van der Waals surface area contributed by atoms with E-state index in [2.05, 4.69) is 25.1 Å². The Morgan fingerprint density at radius 1 is 1.08 bits per heavy atom. The van der Waals surface area contributed by atoms with Crippen molar-refractivity contribution in [3.63, 3.8) is 0 Å². The van der Waals surface area contributed by atoms with Gasteiger partial charge >= 0.3 is 0 Å². The Morgan fingerprint density at radius 2 is 1.80 bits per heavy atom. The summed E-state index contributed by atoms with van der Waals surface area (Å²) in [6.07, 6.45) is 1.22. The number of nitrogens with zero attached hydrogens (tertiary/aromatic N) is 2. The largest absolute Gasteiger partial charge is 0.271 e. The molecule has 2 aromatic carbocycles. The van der Waals surface area contributed by atoms with E-state index < -0.39 is 10.0 Å². The van der Waals surface area contributed by atoms with Crippen molar-refractivity contribution in [3.05, 3.63) is 59.5 Å². The van der Waals surface area contributed by atoms with Gasteiger partial charge in [-0.2, -0.15) is 0 Å². The average molecular weight is 373 g/mol. The Labute approximate surface area is 152 Å². The van der Waals surface area contributed by atoms with Gasteiger partial charge in [0.05, 0.1) is 17.6 Å². The smallest absolute Gasteiger partial charge is 0.232 e. The van der Waals surface area contributed by atoms with Gasteiger partial charge in [0.15, 0.2) is 0 Å². The molecule has 0 unspecified atom stereocenters. The minimum atomic E-state index is -3.26. The summed E-state index contributed by atoms with van der Waals surface area (Å²) in [4.78, 5) is 4.72. The molecule has 4 nitrogen and oxygen atoms in total. The zero-order valence-corrected chi connectivity index (χ0v) is 16.1. The Morgan fingerprint density at radius 3 is 2.40 bits per heavy atom. The van der Waals surface area contributed by atoms with Gasteiger partial charge in [0, 0.05) is 23.1 Å². The molecule has 0 N–H and O–H groups in total. The van der Waals surface area contributed by atoms with Crippen molar-refractivity contribution in [2.45, 2.75) is 13.8 Å². The summed E-state index contributed by atoms with van der Waals surface area (Å²) < 4.78 is 25.0. The number of benzene rings is 2. The van der Waals surface area contributed by atoms with E-state index in [9.17, 15) is 8.42 Å². The number of anilines is 1. The van der Waals surface area contributed by atoms with Gasteiger partial charge in [0.2, 0.25) is 10.0 Å². The molecule has 0 aliphatic carbocycles. The lowest BCUT2D eigenvalue weighted by Crippen LogP contribution is -2.29. The Kier molecular flexibility index (Phi) is 4.92. The highest BCUT2D eigenvalue weighted by atomic mass is 32.2. The van der Waals surface area contributed by atoms with Crippen LogP contribution in [0.5, 0.6) is 0 Å². The number of thiazole rings is 1. The standard InChI is InChI=1S/C19H20N2O2S2/c1-4-21(25(3,22)23)17-10-8-15(9-11-17)18-13-24-19(20-18)16-7-5-6-14(2)12-16/h5-13H,4H2,1-3H3. The number of sulfonamides is 1. The predicted molar refractivity (Wildman–Crippen MR) is 106 cm³/mol. The average Bonchev–Trinajstić information content (AvgIpc) is 3.05. The summed E-state index contributed by atoms with van der Waals surface area (Å²) in [5, 5.41) is 3.01. The quantitative estimate of drug-likeness (QED) is 0.659. The number of rotatable bonds is 5. The van der Waals surface area contributed by atoms with Crippen molar-refractivity contribution in [3.8, 4) is 21.8 Å². The zero-order chi connectivity index (χ0) is 18.0. The number of aromatic nitrogens is 1. The molecule has 0 spiro atoms. The van der Waals surface area contributed by atoms with Gasteiger partial charge in [-0.3, -0.25) is 4.31 Å². The van der Waals surface area contributed by atoms with Crippen molar-refractivity contribution in [1.82, 2.24) is 4.98 Å². The molecular weight excluding hydrogens is 352 g/mol. The fourth-order valence-corrected chi connectivity index (χ4v) is 4.52. The molecule has 1 heterocycles. The van der Waals surface area contributed by atoms with Gasteiger partial charge in [-0.05, 0) is 32.0 Å². The van der Waals surface area contributed by atoms with E-state index in [0.29, 0.717) is 12.2 Å². The second-order valence-corrected chi connectivity index (χ2v) is 8.65. The second-order valence-electron chi connectivity index (χ2n) is 5.88. The van der Waals surface area contributed by atoms with E-state index >= 15 is 0 Å². The van der Waals surface area contributed by atoms with E-state index in [1.54, 1.807) is 11.3 Å². The van der Waals surface area contributed by atoms with Crippen LogP contribution in [-0.4, -0.2) is 26.2 Å². The lowest BCUT2D eigenvalue weighted by molar-refractivity contribution is 0.598. The first kappa shape index (κ1) is 17.6. The summed E-state index contributed by atoms with van der Waals surface area (Å²) in [7, 11) is -3.26. The van der Waals surface area contributed by atoms with E-state index in [0.717, 1.165) is 21.8 Å². The Bertz CT molecular complexity index is 977. The van der Waals surface area contributed by atoms with E-state index in [1.807, 2.05) is 42.6 Å². The first-order chi connectivity index (χ1) is 11.9. The fourth-order valence-electron chi connectivity index (χ4n) is 2.72. The van der Waals surface area contributed by atoms with Crippen molar-refractivity contribution in [2.24, 2.45) is 0 Å². The maximum absolute atomic E-state index is 11.8. The van der Waals surface area contributed by atoms with Crippen LogP contribution in [0, 0.1) is 6.92 Å². The lowest BCUT2D eigenvalue weighted by Gasteiger charge is -2.20. The monoisotopic (exact) mass is 372 g/mol. The van der Waals surface area contributed by atoms with Crippen LogP contribution < -0.4 is 4.31 Å². The fraction of sp³-hybridized carbons (Fsp3) is 0.211. The van der Waals surface area contributed by atoms with Crippen LogP contribution in [0.3, 0.4) is 0 Å². The molecule has 0 bridgehead atoms. The maximum Gasteiger partial charge on any atom is 0.232 e. The minimum absolute atomic E-state index is 0.409. The van der Waals surface area contributed by atoms with E-state index in [4.69, 9.17) is 4.98 Å². The van der Waals surface area contributed by atoms with E-state index in [1.165, 1.54) is 16.1 Å². The molecule has 0 amide bonds. The first-order valence-corrected chi connectivity index (χ1v) is 10.7. The van der Waals surface area contributed by atoms with Crippen LogP contribution in [0.4, 0.5) is 5.69 Å². The van der Waals surface area contributed by atoms with Gasteiger partial charge < -0.3 is 0 Å². The molecule has 0 radical (unpaired) electrons. The molecule has 130 valence electrons. The molecule has 0 saturated carbocycles. The SMILES string of the molecule is CCN(c1ccc(-c2csc(-c3cccc(C)c3)n2)cc1)S(C)(=O)=O. The molecule has 0 atom stereocenters. The minimum Gasteiger partial charge on any atom is -0.271 e. The first-order valence-electron chi connectivity index (χ1n) is 7.99. The molecule has 3 rings (SSSR count). The van der Waals surface area contributed by atoms with Gasteiger partial charge in [-0.25, -0.2) is 13.4 Å². The highest BCUT2D eigenvalue weighted by Gasteiger charge is 2.15. The highest BCUT2D eigenvalue weighted by molar-refractivity contribution is 7.92. The van der Waals surface area contributed by atoms with Crippen LogP contribution >= 0.6 is 11.3 Å². The lowest BCUT2D eigenvalue weighted by atomic mass is 10.1. The van der Waals surface area contributed by atoms with Crippen LogP contribution in [0.1, 0.15) is 12.5 Å². The topological polar surface area (TPSA) is 50.3 Å². The molecular formula is C19H20N2O2S2. The summed E-state index contributed by atoms with van der Waals surface area (Å²) in [5.74, 6) is 0. The molecule has 6 heteroatoms. The third-order valence-electron chi connectivity index (χ3n) is 3.91. The molecule has 1 aromatic heterocycles. The van der Waals surface area contributed by atoms with Gasteiger partial charge in [-0.15, -0.1) is 11.3 Å². The van der Waals surface area contributed by atoms with Crippen molar-refractivity contribution < 1.29 is 8.42 Å². The van der Waals surface area contributed by atoms with Gasteiger partial charge in [0.1, 0.15) is 5.01 Å². The van der Waals surface area contributed by atoms with Crippen LogP contribution in [-0.2, 0) is 10.0 Å². The summed E-state index contributed by atoms with van der Waals surface area (Å²) in [6.45, 7) is 4.30.